The molecule has 0 aromatic rings. The van der Waals surface area contributed by atoms with Crippen molar-refractivity contribution in [2.45, 2.75) is 26.3 Å². The van der Waals surface area contributed by atoms with E-state index in [9.17, 15) is 9.59 Å². The molecule has 0 aliphatic carbocycles. The molecule has 0 unspecified atom stereocenters. The average Bonchev–Trinajstić information content (AvgIpc) is 2.66. The normalized spacial score (nSPS) is 20.5. The van der Waals surface area contributed by atoms with Crippen LogP contribution < -0.4 is 0 Å². The zero-order valence-electron chi connectivity index (χ0n) is 9.20. The second kappa shape index (κ2) is 5.35. The van der Waals surface area contributed by atoms with Crippen LogP contribution in [0.4, 0.5) is 0 Å². The molecule has 2 amide bonds. The Morgan fingerprint density at radius 3 is 2.67 bits per heavy atom. The van der Waals surface area contributed by atoms with Crippen molar-refractivity contribution in [2.75, 3.05) is 25.5 Å². The Bertz CT molecular complexity index is 258. The van der Waals surface area contributed by atoms with Gasteiger partial charge in [0.1, 0.15) is 5.88 Å². The quantitative estimate of drug-likeness (QED) is 0.672. The summed E-state index contributed by atoms with van der Waals surface area (Å²) >= 11 is 5.48. The number of hydrogen-bond donors (Lipinski definition) is 0. The maximum atomic E-state index is 11.3. The Morgan fingerprint density at radius 2 is 2.20 bits per heavy atom. The molecule has 1 heterocycles. The average molecular weight is 233 g/mol. The van der Waals surface area contributed by atoms with Gasteiger partial charge in [-0.2, -0.15) is 0 Å². The maximum absolute atomic E-state index is 11.3. The fraction of sp³-hybridized carbons (Fsp3) is 0.800. The van der Waals surface area contributed by atoms with Crippen molar-refractivity contribution in [3.8, 4) is 0 Å². The number of rotatable bonds is 3. The van der Waals surface area contributed by atoms with Crippen molar-refractivity contribution in [1.29, 1.82) is 0 Å². The van der Waals surface area contributed by atoms with Crippen LogP contribution in [0.1, 0.15) is 20.3 Å². The minimum absolute atomic E-state index is 0.0267. The van der Waals surface area contributed by atoms with Gasteiger partial charge in [0.2, 0.25) is 11.8 Å². The van der Waals surface area contributed by atoms with Gasteiger partial charge < -0.3 is 9.80 Å². The molecule has 0 bridgehead atoms. The zero-order valence-corrected chi connectivity index (χ0v) is 9.96. The minimum Gasteiger partial charge on any atom is -0.340 e. The van der Waals surface area contributed by atoms with Gasteiger partial charge in [0.15, 0.2) is 0 Å². The molecule has 0 N–H and O–H groups in total. The van der Waals surface area contributed by atoms with E-state index in [0.29, 0.717) is 19.6 Å². The molecule has 0 aromatic heterocycles. The molecule has 86 valence electrons. The van der Waals surface area contributed by atoms with E-state index in [1.807, 2.05) is 11.8 Å². The Labute approximate surface area is 95.2 Å². The number of nitrogens with zero attached hydrogens (tertiary/aromatic N) is 2. The van der Waals surface area contributed by atoms with E-state index in [1.54, 1.807) is 11.8 Å². The van der Waals surface area contributed by atoms with E-state index in [1.165, 1.54) is 0 Å². The molecule has 1 fully saturated rings. The molecule has 1 atom stereocenters. The molecule has 0 aromatic carbocycles. The van der Waals surface area contributed by atoms with Crippen LogP contribution in [-0.4, -0.2) is 53.2 Å². The molecule has 5 heteroatoms. The third-order valence-corrected chi connectivity index (χ3v) is 3.04. The molecule has 0 saturated carbocycles. The van der Waals surface area contributed by atoms with E-state index in [2.05, 4.69) is 0 Å². The van der Waals surface area contributed by atoms with Crippen LogP contribution in [0.2, 0.25) is 0 Å². The third-order valence-electron chi connectivity index (χ3n) is 2.82. The molecular formula is C10H17ClN2O2. The van der Waals surface area contributed by atoms with Gasteiger partial charge in [-0.1, -0.05) is 0 Å². The predicted molar refractivity (Wildman–Crippen MR) is 58.8 cm³/mol. The summed E-state index contributed by atoms with van der Waals surface area (Å²) in [5.41, 5.74) is 0. The van der Waals surface area contributed by atoms with Gasteiger partial charge in [0.25, 0.3) is 0 Å². The Kier molecular flexibility index (Phi) is 4.39. The summed E-state index contributed by atoms with van der Waals surface area (Å²) < 4.78 is 0. The Balaban J connectivity index is 2.54. The predicted octanol–water partition coefficient (Wildman–Crippen LogP) is 0.694. The van der Waals surface area contributed by atoms with Crippen molar-refractivity contribution >= 4 is 23.4 Å². The van der Waals surface area contributed by atoms with Gasteiger partial charge in [0, 0.05) is 26.6 Å². The Hall–Kier alpha value is -0.770. The smallest absolute Gasteiger partial charge is 0.237 e. The molecular weight excluding hydrogens is 216 g/mol. The van der Waals surface area contributed by atoms with E-state index < -0.39 is 0 Å². The van der Waals surface area contributed by atoms with Gasteiger partial charge in [-0.25, -0.2) is 0 Å². The van der Waals surface area contributed by atoms with Crippen molar-refractivity contribution in [2.24, 2.45) is 0 Å². The molecule has 0 spiro atoms. The highest BCUT2D eigenvalue weighted by Gasteiger charge is 2.30. The summed E-state index contributed by atoms with van der Waals surface area (Å²) in [6.45, 7) is 5.55. The number of likely N-dealkylation sites (N-methyl/N-ethyl adjacent to an activating group) is 1. The van der Waals surface area contributed by atoms with E-state index in [4.69, 9.17) is 11.6 Å². The van der Waals surface area contributed by atoms with Gasteiger partial charge in [-0.3, -0.25) is 9.59 Å². The minimum atomic E-state index is -0.0428. The summed E-state index contributed by atoms with van der Waals surface area (Å²) in [6.07, 6.45) is 0.857. The van der Waals surface area contributed by atoms with Crippen LogP contribution in [0, 0.1) is 0 Å². The molecule has 15 heavy (non-hydrogen) atoms. The zero-order chi connectivity index (χ0) is 11.4. The highest BCUT2D eigenvalue weighted by atomic mass is 35.5. The molecule has 1 saturated heterocycles. The summed E-state index contributed by atoms with van der Waals surface area (Å²) in [7, 11) is 0. The summed E-state index contributed by atoms with van der Waals surface area (Å²) in [4.78, 5) is 26.2. The number of alkyl halides is 1. The number of carbonyl (C=O) groups is 2. The van der Waals surface area contributed by atoms with E-state index in [-0.39, 0.29) is 23.7 Å². The SMILES string of the molecule is CCN(C(C)=O)[C@@H]1CCN(C(=O)CCl)C1. The lowest BCUT2D eigenvalue weighted by atomic mass is 10.2. The Morgan fingerprint density at radius 1 is 1.53 bits per heavy atom. The maximum Gasteiger partial charge on any atom is 0.237 e. The fourth-order valence-corrected chi connectivity index (χ4v) is 2.21. The lowest BCUT2D eigenvalue weighted by molar-refractivity contribution is -0.132. The molecule has 1 aliphatic heterocycles. The third kappa shape index (κ3) is 2.84. The molecule has 4 nitrogen and oxygen atoms in total. The van der Waals surface area contributed by atoms with Crippen LogP contribution in [0.5, 0.6) is 0 Å². The van der Waals surface area contributed by atoms with E-state index in [0.717, 1.165) is 6.42 Å². The first-order chi connectivity index (χ1) is 7.10. The first kappa shape index (κ1) is 12.3. The van der Waals surface area contributed by atoms with Gasteiger partial charge >= 0.3 is 0 Å². The summed E-state index contributed by atoms with van der Waals surface area (Å²) in [5.74, 6) is 0.0558. The molecule has 1 rings (SSSR count). The summed E-state index contributed by atoms with van der Waals surface area (Å²) in [5, 5.41) is 0. The van der Waals surface area contributed by atoms with Gasteiger partial charge in [0.05, 0.1) is 6.04 Å². The first-order valence-electron chi connectivity index (χ1n) is 5.21. The fourth-order valence-electron chi connectivity index (χ4n) is 2.05. The van der Waals surface area contributed by atoms with Gasteiger partial charge in [-0.05, 0) is 13.3 Å². The van der Waals surface area contributed by atoms with Crippen molar-refractivity contribution in [3.05, 3.63) is 0 Å². The molecule has 0 radical (unpaired) electrons. The monoisotopic (exact) mass is 232 g/mol. The highest BCUT2D eigenvalue weighted by molar-refractivity contribution is 6.27. The molecule has 1 aliphatic rings. The number of carbonyl (C=O) groups excluding carboxylic acids is 2. The topological polar surface area (TPSA) is 40.6 Å². The van der Waals surface area contributed by atoms with Crippen molar-refractivity contribution in [1.82, 2.24) is 9.80 Å². The highest BCUT2D eigenvalue weighted by Crippen LogP contribution is 2.16. The number of likely N-dealkylation sites (tertiary alicyclic amines) is 1. The number of hydrogen-bond acceptors (Lipinski definition) is 2. The van der Waals surface area contributed by atoms with E-state index >= 15 is 0 Å². The largest absolute Gasteiger partial charge is 0.340 e. The summed E-state index contributed by atoms with van der Waals surface area (Å²) in [6, 6.07) is 0.166. The first-order valence-corrected chi connectivity index (χ1v) is 5.74. The number of amides is 2. The van der Waals surface area contributed by atoms with Gasteiger partial charge in [-0.15, -0.1) is 11.6 Å². The second-order valence-electron chi connectivity index (χ2n) is 3.72. The van der Waals surface area contributed by atoms with Crippen LogP contribution >= 0.6 is 11.6 Å². The van der Waals surface area contributed by atoms with Crippen molar-refractivity contribution in [3.63, 3.8) is 0 Å². The van der Waals surface area contributed by atoms with Crippen LogP contribution in [0.3, 0.4) is 0 Å². The lowest BCUT2D eigenvalue weighted by Crippen LogP contribution is -2.41. The number of halogens is 1. The van der Waals surface area contributed by atoms with Crippen LogP contribution in [0.25, 0.3) is 0 Å². The van der Waals surface area contributed by atoms with Crippen LogP contribution in [0.15, 0.2) is 0 Å². The standard InChI is InChI=1S/C10H17ClN2O2/c1-3-13(8(2)14)9-4-5-12(7-9)10(15)6-11/h9H,3-7H2,1-2H3/t9-/m1/s1. The van der Waals surface area contributed by atoms with Crippen LogP contribution in [-0.2, 0) is 9.59 Å². The lowest BCUT2D eigenvalue weighted by Gasteiger charge is -2.26. The second-order valence-corrected chi connectivity index (χ2v) is 3.99. The van der Waals surface area contributed by atoms with Crippen molar-refractivity contribution < 1.29 is 9.59 Å².